The molecule has 136 valence electrons. The molecule has 1 aliphatic heterocycles. The van der Waals surface area contributed by atoms with Crippen molar-refractivity contribution in [2.24, 2.45) is 0 Å². The van der Waals surface area contributed by atoms with Crippen LogP contribution in [-0.2, 0) is 9.84 Å². The summed E-state index contributed by atoms with van der Waals surface area (Å²) >= 11 is 1.29. The van der Waals surface area contributed by atoms with Gasteiger partial charge < -0.3 is 9.73 Å². The topological polar surface area (TPSA) is 102 Å². The summed E-state index contributed by atoms with van der Waals surface area (Å²) in [6.45, 7) is 3.74. The molecule has 7 nitrogen and oxygen atoms in total. The van der Waals surface area contributed by atoms with E-state index in [0.717, 1.165) is 16.6 Å². The van der Waals surface area contributed by atoms with Gasteiger partial charge in [0.1, 0.15) is 4.83 Å². The summed E-state index contributed by atoms with van der Waals surface area (Å²) in [5.41, 5.74) is 1.59. The molecule has 1 saturated heterocycles. The van der Waals surface area contributed by atoms with Crippen LogP contribution >= 0.6 is 11.3 Å². The lowest BCUT2D eigenvalue weighted by atomic mass is 10.1. The first-order valence-corrected chi connectivity index (χ1v) is 10.8. The van der Waals surface area contributed by atoms with Crippen molar-refractivity contribution >= 4 is 37.3 Å². The number of nitrogens with one attached hydrogen (secondary N) is 1. The van der Waals surface area contributed by atoms with Gasteiger partial charge in [-0.1, -0.05) is 0 Å². The first kappa shape index (κ1) is 17.2. The number of rotatable bonds is 3. The van der Waals surface area contributed by atoms with Crippen molar-refractivity contribution in [2.45, 2.75) is 26.3 Å². The summed E-state index contributed by atoms with van der Waals surface area (Å²) < 4.78 is 28.5. The maximum absolute atomic E-state index is 12.7. The number of fused-ring (bicyclic) bond motifs is 1. The molecule has 0 aromatic carbocycles. The van der Waals surface area contributed by atoms with Crippen LogP contribution in [0.15, 0.2) is 22.8 Å². The Hall–Kier alpha value is -2.26. The van der Waals surface area contributed by atoms with Crippen molar-refractivity contribution in [2.75, 3.05) is 11.5 Å². The molecule has 0 bridgehead atoms. The molecule has 1 N–H and O–H groups in total. The van der Waals surface area contributed by atoms with E-state index >= 15 is 0 Å². The Labute approximate surface area is 154 Å². The second-order valence-electron chi connectivity index (χ2n) is 6.42. The van der Waals surface area contributed by atoms with E-state index in [-0.39, 0.29) is 23.5 Å². The molecule has 9 heteroatoms. The van der Waals surface area contributed by atoms with Crippen LogP contribution in [0.1, 0.15) is 27.3 Å². The highest BCUT2D eigenvalue weighted by molar-refractivity contribution is 7.91. The standard InChI is InChI=1S/C17H17N3O4S2/c1-9-13-10(2)18-15(12-4-3-6-24-12)20-17(13)25-14(9)16(21)19-11-5-7-26(22,23)8-11/h3-4,6,11H,5,7-8H2,1-2H3,(H,19,21). The maximum Gasteiger partial charge on any atom is 0.261 e. The van der Waals surface area contributed by atoms with Gasteiger partial charge in [-0.2, -0.15) is 0 Å². The van der Waals surface area contributed by atoms with Gasteiger partial charge in [0.2, 0.25) is 0 Å². The van der Waals surface area contributed by atoms with E-state index in [0.29, 0.717) is 27.7 Å². The number of furan rings is 1. The van der Waals surface area contributed by atoms with Gasteiger partial charge in [-0.15, -0.1) is 11.3 Å². The quantitative estimate of drug-likeness (QED) is 0.736. The van der Waals surface area contributed by atoms with E-state index in [2.05, 4.69) is 15.3 Å². The number of amides is 1. The third-order valence-electron chi connectivity index (χ3n) is 4.49. The highest BCUT2D eigenvalue weighted by atomic mass is 32.2. The van der Waals surface area contributed by atoms with E-state index in [4.69, 9.17) is 4.42 Å². The fourth-order valence-electron chi connectivity index (χ4n) is 3.23. The van der Waals surface area contributed by atoms with Crippen LogP contribution in [0.5, 0.6) is 0 Å². The van der Waals surface area contributed by atoms with Crippen LogP contribution in [-0.4, -0.2) is 41.8 Å². The third kappa shape index (κ3) is 3.01. The zero-order valence-electron chi connectivity index (χ0n) is 14.3. The number of nitrogens with zero attached hydrogens (tertiary/aromatic N) is 2. The molecular weight excluding hydrogens is 374 g/mol. The van der Waals surface area contributed by atoms with Gasteiger partial charge in [0.25, 0.3) is 5.91 Å². The lowest BCUT2D eigenvalue weighted by molar-refractivity contribution is 0.0945. The number of carbonyl (C=O) groups is 1. The average molecular weight is 391 g/mol. The number of aryl methyl sites for hydroxylation is 2. The first-order valence-electron chi connectivity index (χ1n) is 8.17. The molecule has 26 heavy (non-hydrogen) atoms. The largest absolute Gasteiger partial charge is 0.461 e. The lowest BCUT2D eigenvalue weighted by Crippen LogP contribution is -2.35. The number of hydrogen-bond donors (Lipinski definition) is 1. The van der Waals surface area contributed by atoms with Gasteiger partial charge in [-0.3, -0.25) is 4.79 Å². The molecule has 1 unspecified atom stereocenters. The van der Waals surface area contributed by atoms with Crippen LogP contribution in [0.25, 0.3) is 21.8 Å². The predicted octanol–water partition coefficient (Wildman–Crippen LogP) is 2.49. The van der Waals surface area contributed by atoms with Gasteiger partial charge in [0, 0.05) is 11.4 Å². The van der Waals surface area contributed by atoms with Crippen molar-refractivity contribution in [3.05, 3.63) is 34.5 Å². The Kier molecular flexibility index (Phi) is 4.07. The molecular formula is C17H17N3O4S2. The molecule has 4 heterocycles. The van der Waals surface area contributed by atoms with Crippen molar-refractivity contribution in [1.29, 1.82) is 0 Å². The molecule has 1 aliphatic rings. The molecule has 3 aromatic heterocycles. The Morgan fingerprint density at radius 1 is 1.35 bits per heavy atom. The summed E-state index contributed by atoms with van der Waals surface area (Å²) in [5, 5.41) is 3.70. The van der Waals surface area contributed by atoms with Crippen LogP contribution in [0.4, 0.5) is 0 Å². The SMILES string of the molecule is Cc1nc(-c2ccco2)nc2sc(C(=O)NC3CCS(=O)(=O)C3)c(C)c12. The number of sulfone groups is 1. The molecule has 0 radical (unpaired) electrons. The molecule has 3 aromatic rings. The molecule has 1 atom stereocenters. The zero-order chi connectivity index (χ0) is 18.5. The summed E-state index contributed by atoms with van der Waals surface area (Å²) in [6, 6.07) is 3.23. The summed E-state index contributed by atoms with van der Waals surface area (Å²) in [6.07, 6.45) is 2.02. The average Bonchev–Trinajstić information content (AvgIpc) is 3.27. The van der Waals surface area contributed by atoms with Gasteiger partial charge in [0.15, 0.2) is 21.4 Å². The predicted molar refractivity (Wildman–Crippen MR) is 99.1 cm³/mol. The second kappa shape index (κ2) is 6.17. The molecule has 0 aliphatic carbocycles. The fourth-order valence-corrected chi connectivity index (χ4v) is 6.04. The zero-order valence-corrected chi connectivity index (χ0v) is 15.9. The van der Waals surface area contributed by atoms with Crippen molar-refractivity contribution in [1.82, 2.24) is 15.3 Å². The minimum Gasteiger partial charge on any atom is -0.461 e. The van der Waals surface area contributed by atoms with Crippen molar-refractivity contribution < 1.29 is 17.6 Å². The van der Waals surface area contributed by atoms with E-state index < -0.39 is 9.84 Å². The van der Waals surface area contributed by atoms with Gasteiger partial charge >= 0.3 is 0 Å². The van der Waals surface area contributed by atoms with E-state index in [1.807, 2.05) is 13.8 Å². The van der Waals surface area contributed by atoms with E-state index in [9.17, 15) is 13.2 Å². The van der Waals surface area contributed by atoms with Crippen LogP contribution in [0.3, 0.4) is 0 Å². The van der Waals surface area contributed by atoms with Gasteiger partial charge in [-0.25, -0.2) is 18.4 Å². The minimum absolute atomic E-state index is 0.00412. The van der Waals surface area contributed by atoms with E-state index in [1.165, 1.54) is 11.3 Å². The second-order valence-corrected chi connectivity index (χ2v) is 9.65. The van der Waals surface area contributed by atoms with Crippen LogP contribution in [0.2, 0.25) is 0 Å². The highest BCUT2D eigenvalue weighted by Crippen LogP contribution is 2.33. The molecule has 0 saturated carbocycles. The van der Waals surface area contributed by atoms with E-state index in [1.54, 1.807) is 18.4 Å². The van der Waals surface area contributed by atoms with Crippen LogP contribution < -0.4 is 5.32 Å². The van der Waals surface area contributed by atoms with Crippen molar-refractivity contribution in [3.63, 3.8) is 0 Å². The van der Waals surface area contributed by atoms with Crippen LogP contribution in [0, 0.1) is 13.8 Å². The molecule has 1 fully saturated rings. The Balaban J connectivity index is 1.69. The number of aromatic nitrogens is 2. The molecule has 4 rings (SSSR count). The third-order valence-corrected chi connectivity index (χ3v) is 7.44. The lowest BCUT2D eigenvalue weighted by Gasteiger charge is -2.10. The van der Waals surface area contributed by atoms with Crippen molar-refractivity contribution in [3.8, 4) is 11.6 Å². The Morgan fingerprint density at radius 2 is 2.15 bits per heavy atom. The number of carbonyl (C=O) groups excluding carboxylic acids is 1. The first-order chi connectivity index (χ1) is 12.3. The summed E-state index contributed by atoms with van der Waals surface area (Å²) in [5.74, 6) is 0.926. The Morgan fingerprint density at radius 3 is 2.81 bits per heavy atom. The van der Waals surface area contributed by atoms with Gasteiger partial charge in [0.05, 0.1) is 28.3 Å². The molecule has 1 amide bonds. The highest BCUT2D eigenvalue weighted by Gasteiger charge is 2.30. The number of thiophene rings is 1. The fraction of sp³-hybridized carbons (Fsp3) is 0.353. The summed E-state index contributed by atoms with van der Waals surface area (Å²) in [4.78, 5) is 22.9. The van der Waals surface area contributed by atoms with Gasteiger partial charge in [-0.05, 0) is 38.0 Å². The Bertz CT molecular complexity index is 1100. The molecule has 0 spiro atoms. The normalized spacial score (nSPS) is 19.1. The monoisotopic (exact) mass is 391 g/mol. The maximum atomic E-state index is 12.7. The smallest absolute Gasteiger partial charge is 0.261 e. The minimum atomic E-state index is -3.04. The number of hydrogen-bond acceptors (Lipinski definition) is 7. The summed E-state index contributed by atoms with van der Waals surface area (Å²) in [7, 11) is -3.04.